The van der Waals surface area contributed by atoms with Gasteiger partial charge in [-0.3, -0.25) is 9.59 Å². The minimum atomic E-state index is -2.74. The molecule has 0 unspecified atom stereocenters. The van der Waals surface area contributed by atoms with Crippen LogP contribution in [0.5, 0.6) is 5.75 Å². The third-order valence-electron chi connectivity index (χ3n) is 4.87. The first-order valence-corrected chi connectivity index (χ1v) is 10.7. The maximum Gasteiger partial charge on any atom is 0.336 e. The van der Waals surface area contributed by atoms with Crippen LogP contribution in [-0.2, 0) is 14.4 Å². The van der Waals surface area contributed by atoms with E-state index in [4.69, 9.17) is 37.4 Å². The predicted octanol–water partition coefficient (Wildman–Crippen LogP) is 3.70. The molecule has 0 spiro atoms. The second kappa shape index (κ2) is 11.9. The Morgan fingerprint density at radius 2 is 1.49 bits per heavy atom. The zero-order valence-electron chi connectivity index (χ0n) is 19.0. The number of carboxylic acids is 3. The minimum absolute atomic E-state index is 0.431. The van der Waals surface area contributed by atoms with Crippen LogP contribution in [0.25, 0.3) is 10.8 Å². The summed E-state index contributed by atoms with van der Waals surface area (Å²) in [5.41, 5.74) is -0.527. The molecule has 0 aliphatic rings. The summed E-state index contributed by atoms with van der Waals surface area (Å²) >= 11 is 5.41. The van der Waals surface area contributed by atoms with Crippen molar-refractivity contribution < 1.29 is 39.5 Å². The third kappa shape index (κ3) is 8.05. The van der Waals surface area contributed by atoms with Crippen molar-refractivity contribution in [1.82, 2.24) is 0 Å². The van der Waals surface area contributed by atoms with Crippen molar-refractivity contribution in [1.29, 1.82) is 0 Å². The van der Waals surface area contributed by atoms with Crippen LogP contribution in [0.3, 0.4) is 0 Å². The van der Waals surface area contributed by atoms with Gasteiger partial charge in [-0.1, -0.05) is 42.5 Å². The Labute approximate surface area is 206 Å². The lowest BCUT2D eigenvalue weighted by atomic mass is 9.96. The van der Waals surface area contributed by atoms with E-state index in [1.165, 1.54) is 10.9 Å². The number of rotatable bonds is 7. The molecule has 10 heteroatoms. The third-order valence-corrected chi connectivity index (χ3v) is 5.23. The molecule has 0 bridgehead atoms. The Hall–Kier alpha value is -4.02. The highest BCUT2D eigenvalue weighted by atomic mass is 32.1. The highest BCUT2D eigenvalue weighted by Crippen LogP contribution is 2.22. The van der Waals surface area contributed by atoms with Gasteiger partial charge < -0.3 is 30.1 Å². The number of aliphatic carboxylic acids is 3. The van der Waals surface area contributed by atoms with Crippen LogP contribution in [-0.4, -0.2) is 56.2 Å². The van der Waals surface area contributed by atoms with Crippen LogP contribution in [0.2, 0.25) is 0 Å². The summed E-state index contributed by atoms with van der Waals surface area (Å²) in [6.45, 7) is 2.06. The molecule has 0 fully saturated rings. The molecular formula is C25H25NO8S. The van der Waals surface area contributed by atoms with Crippen molar-refractivity contribution in [2.45, 2.75) is 25.4 Å². The number of hydrogen-bond acceptors (Lipinski definition) is 6. The maximum absolute atomic E-state index is 10.3. The molecule has 35 heavy (non-hydrogen) atoms. The molecule has 0 heterocycles. The first-order valence-electron chi connectivity index (χ1n) is 10.3. The van der Waals surface area contributed by atoms with Crippen molar-refractivity contribution >= 4 is 51.8 Å². The Morgan fingerprint density at radius 1 is 0.886 bits per heavy atom. The van der Waals surface area contributed by atoms with Crippen molar-refractivity contribution in [2.24, 2.45) is 0 Å². The molecule has 0 atom stereocenters. The van der Waals surface area contributed by atoms with E-state index in [0.29, 0.717) is 5.17 Å². The molecule has 0 saturated heterocycles. The van der Waals surface area contributed by atoms with Gasteiger partial charge in [-0.2, -0.15) is 0 Å². The van der Waals surface area contributed by atoms with Gasteiger partial charge in [0.05, 0.1) is 12.8 Å². The molecule has 3 aromatic rings. The summed E-state index contributed by atoms with van der Waals surface area (Å²) in [6, 6.07) is 22.3. The van der Waals surface area contributed by atoms with Crippen molar-refractivity contribution in [3.05, 3.63) is 72.3 Å². The summed E-state index contributed by atoms with van der Waals surface area (Å²) in [7, 11) is 1.91. The quantitative estimate of drug-likeness (QED) is 0.355. The van der Waals surface area contributed by atoms with Crippen LogP contribution in [0, 0.1) is 6.92 Å². The summed E-state index contributed by atoms with van der Waals surface area (Å²) in [5, 5.41) is 36.6. The topological polar surface area (TPSA) is 145 Å². The molecule has 0 aliphatic heterocycles. The van der Waals surface area contributed by atoms with E-state index in [1.807, 2.05) is 54.4 Å². The van der Waals surface area contributed by atoms with Gasteiger partial charge in [-0.05, 0) is 59.7 Å². The second-order valence-corrected chi connectivity index (χ2v) is 8.10. The maximum atomic E-state index is 10.3. The smallest absolute Gasteiger partial charge is 0.336 e. The predicted molar refractivity (Wildman–Crippen MR) is 134 cm³/mol. The van der Waals surface area contributed by atoms with Crippen molar-refractivity contribution in [3.8, 4) is 5.75 Å². The number of fused-ring (bicyclic) bond motifs is 1. The molecule has 3 rings (SSSR count). The molecule has 0 saturated carbocycles. The lowest BCUT2D eigenvalue weighted by Crippen LogP contribution is -2.42. The van der Waals surface area contributed by atoms with E-state index in [1.54, 1.807) is 0 Å². The first kappa shape index (κ1) is 27.2. The zero-order chi connectivity index (χ0) is 26.2. The SMILES string of the molecule is Cc1cccc(N(C)C(=S)Oc2ccc3ccccc3c2)c1.O=C(O)CC(O)(CC(=O)O)C(=O)O. The van der Waals surface area contributed by atoms with E-state index in [0.717, 1.165) is 16.8 Å². The van der Waals surface area contributed by atoms with Crippen molar-refractivity contribution in [3.63, 3.8) is 0 Å². The number of carboxylic acid groups (broad SMARTS) is 3. The first-order chi connectivity index (χ1) is 16.4. The van der Waals surface area contributed by atoms with Gasteiger partial charge in [0.25, 0.3) is 5.17 Å². The standard InChI is InChI=1S/C19H17NOS.C6H8O7/c1-14-6-5-9-17(12-14)20(2)19(22)21-18-11-10-15-7-3-4-8-16(15)13-18;7-3(8)1-6(13,5(11)12)2-4(9)10/h3-13H,1-2H3;13H,1-2H2,(H,7,8)(H,9,10)(H,11,12). The summed E-state index contributed by atoms with van der Waals surface area (Å²) in [4.78, 5) is 32.4. The Kier molecular flexibility index (Phi) is 9.26. The zero-order valence-corrected chi connectivity index (χ0v) is 19.9. The molecule has 0 aliphatic carbocycles. The van der Waals surface area contributed by atoms with Gasteiger partial charge in [0.15, 0.2) is 5.60 Å². The van der Waals surface area contributed by atoms with E-state index < -0.39 is 36.4 Å². The fourth-order valence-electron chi connectivity index (χ4n) is 3.06. The van der Waals surface area contributed by atoms with Gasteiger partial charge in [-0.15, -0.1) is 0 Å². The molecule has 0 aromatic heterocycles. The molecule has 0 amide bonds. The fraction of sp³-hybridized carbons (Fsp3) is 0.200. The van der Waals surface area contributed by atoms with Gasteiger partial charge in [0.2, 0.25) is 0 Å². The monoisotopic (exact) mass is 499 g/mol. The number of carbonyl (C=O) groups is 3. The van der Waals surface area contributed by atoms with E-state index in [9.17, 15) is 14.4 Å². The number of benzene rings is 3. The lowest BCUT2D eigenvalue weighted by Gasteiger charge is -2.20. The van der Waals surface area contributed by atoms with Crippen LogP contribution < -0.4 is 9.64 Å². The average molecular weight is 500 g/mol. The Balaban J connectivity index is 0.000000287. The average Bonchev–Trinajstić information content (AvgIpc) is 2.77. The second-order valence-electron chi connectivity index (χ2n) is 7.75. The van der Waals surface area contributed by atoms with Gasteiger partial charge in [-0.25, -0.2) is 4.79 Å². The van der Waals surface area contributed by atoms with Crippen LogP contribution in [0.4, 0.5) is 5.69 Å². The number of anilines is 1. The Morgan fingerprint density at radius 3 is 2.03 bits per heavy atom. The summed E-state index contributed by atoms with van der Waals surface area (Å²) in [5.74, 6) is -4.27. The van der Waals surface area contributed by atoms with Gasteiger partial charge in [0.1, 0.15) is 5.75 Å². The lowest BCUT2D eigenvalue weighted by molar-refractivity contribution is -0.170. The molecule has 0 radical (unpaired) electrons. The van der Waals surface area contributed by atoms with Crippen LogP contribution in [0.15, 0.2) is 66.7 Å². The largest absolute Gasteiger partial charge is 0.481 e. The molecule has 4 N–H and O–H groups in total. The number of nitrogens with zero attached hydrogens (tertiary/aromatic N) is 1. The van der Waals surface area contributed by atoms with Crippen molar-refractivity contribution in [2.75, 3.05) is 11.9 Å². The van der Waals surface area contributed by atoms with E-state index in [-0.39, 0.29) is 0 Å². The Bertz CT molecular complexity index is 1230. The van der Waals surface area contributed by atoms with E-state index >= 15 is 0 Å². The van der Waals surface area contributed by atoms with E-state index in [2.05, 4.69) is 31.2 Å². The number of aliphatic hydroxyl groups is 1. The number of aryl methyl sites for hydroxylation is 1. The van der Waals surface area contributed by atoms with Crippen LogP contribution in [0.1, 0.15) is 18.4 Å². The number of thiocarbonyl (C=S) groups is 1. The molecule has 184 valence electrons. The normalized spacial score (nSPS) is 10.6. The molecule has 9 nitrogen and oxygen atoms in total. The highest BCUT2D eigenvalue weighted by molar-refractivity contribution is 7.80. The number of hydrogen-bond donors (Lipinski definition) is 4. The molecule has 3 aromatic carbocycles. The summed E-state index contributed by atoms with van der Waals surface area (Å²) in [6.07, 6.45) is -2.29. The van der Waals surface area contributed by atoms with Crippen LogP contribution >= 0.6 is 12.2 Å². The highest BCUT2D eigenvalue weighted by Gasteiger charge is 2.40. The van der Waals surface area contributed by atoms with Gasteiger partial charge >= 0.3 is 17.9 Å². The minimum Gasteiger partial charge on any atom is -0.481 e. The fourth-order valence-corrected chi connectivity index (χ4v) is 3.26. The van der Waals surface area contributed by atoms with Gasteiger partial charge in [0, 0.05) is 12.7 Å². The number of ether oxygens (including phenoxy) is 1. The molecular weight excluding hydrogens is 474 g/mol. The summed E-state index contributed by atoms with van der Waals surface area (Å²) < 4.78 is 5.84.